The van der Waals surface area contributed by atoms with Crippen molar-refractivity contribution >= 4 is 29.5 Å². The lowest BCUT2D eigenvalue weighted by atomic mass is 9.78. The Hall–Kier alpha value is -12.7. The summed E-state index contributed by atoms with van der Waals surface area (Å²) in [5.74, 6) is 6.82. The van der Waals surface area contributed by atoms with Crippen LogP contribution < -0.4 is 28.4 Å². The van der Waals surface area contributed by atoms with Gasteiger partial charge in [0.05, 0.1) is 29.4 Å². The van der Waals surface area contributed by atoms with E-state index >= 15 is 0 Å². The molecule has 14 aromatic rings. The minimum Gasteiger partial charge on any atom is -0.508 e. The van der Waals surface area contributed by atoms with Crippen LogP contribution in [0.2, 0.25) is 0 Å². The zero-order chi connectivity index (χ0) is 79.5. The topological polar surface area (TPSA) is 198 Å². The van der Waals surface area contributed by atoms with Gasteiger partial charge in [0.15, 0.2) is 0 Å². The van der Waals surface area contributed by atoms with Crippen molar-refractivity contribution in [1.82, 2.24) is 0 Å². The molecule has 0 saturated carbocycles. The van der Waals surface area contributed by atoms with E-state index < -0.39 is 40.3 Å². The zero-order valence-electron chi connectivity index (χ0n) is 63.3. The number of benzene rings is 14. The second kappa shape index (κ2) is 31.2. The van der Waals surface area contributed by atoms with Gasteiger partial charge < -0.3 is 38.6 Å². The van der Waals surface area contributed by atoms with Crippen molar-refractivity contribution in [3.8, 4) is 80.5 Å². The van der Waals surface area contributed by atoms with Crippen LogP contribution in [-0.2, 0) is 51.2 Å². The van der Waals surface area contributed by atoms with Crippen molar-refractivity contribution in [2.75, 3.05) is 0 Å². The molecule has 14 aromatic carbocycles. The van der Waals surface area contributed by atoms with Crippen molar-refractivity contribution in [2.45, 2.75) is 106 Å². The predicted octanol–water partition coefficient (Wildman–Crippen LogP) is 23.7. The molecule has 0 spiro atoms. The minimum atomic E-state index is -3.89. The average Bonchev–Trinajstić information content (AvgIpc) is 0.824. The first-order valence-corrected chi connectivity index (χ1v) is 41.1. The van der Waals surface area contributed by atoms with Crippen LogP contribution >= 0.6 is 0 Å². The Labute approximate surface area is 660 Å². The lowest BCUT2D eigenvalue weighted by Crippen LogP contribution is -2.18. The molecular weight excluding hydrogens is 1470 g/mol. The molecule has 0 saturated heterocycles. The molecule has 0 bridgehead atoms. The maximum Gasteiger partial charge on any atom is 0.206 e. The number of hydrogen-bond acceptors (Lipinski definition) is 14. The van der Waals surface area contributed by atoms with Crippen molar-refractivity contribution in [3.05, 3.63) is 384 Å². The van der Waals surface area contributed by atoms with Gasteiger partial charge in [-0.2, -0.15) is 0 Å². The first-order chi connectivity index (χ1) is 54.0. The van der Waals surface area contributed by atoms with E-state index in [1.807, 2.05) is 170 Å². The first kappa shape index (κ1) is 77.1. The van der Waals surface area contributed by atoms with Crippen molar-refractivity contribution in [1.29, 1.82) is 0 Å². The summed E-state index contributed by atoms with van der Waals surface area (Å²) < 4.78 is 119. The van der Waals surface area contributed by atoms with Crippen molar-refractivity contribution < 1.29 is 63.9 Å². The number of aromatic hydroxyl groups is 2. The van der Waals surface area contributed by atoms with E-state index in [-0.39, 0.29) is 51.7 Å². The summed E-state index contributed by atoms with van der Waals surface area (Å²) in [7, 11) is -11.6. The molecule has 0 amide bonds. The molecule has 0 aliphatic heterocycles. The average molecular weight is 1560 g/mol. The molecule has 0 radical (unpaired) electrons. The molecule has 0 heterocycles. The van der Waals surface area contributed by atoms with Gasteiger partial charge in [-0.3, -0.25) is 0 Å². The number of phenols is 2. The standard InChI is InChI=1S/C96H82O14S3/c1-93(2,65-9-25-73(97)26-10-65)67-13-29-75(30-14-67)105-81-41-53-87(54-42-81)111(99,100)89-57-45-83(46-58-89)107-77-33-17-69(18-34-77)95(5,6)71-21-37-79(38-22-71)109-85-49-61-91(62-50-85)113(103,104)92-63-51-86(52-64-92)110-80-39-23-72(24-40-80)96(7,8)70-19-35-78(36-20-70)108-84-47-59-90(60-48-84)112(101,102)88-55-43-82(44-56-88)106-76-31-15-68(16-32-76)94(3,4)66-11-27-74(98)28-12-66/h9-64,97-98H,1-8H3. The zero-order valence-corrected chi connectivity index (χ0v) is 65.8. The van der Waals surface area contributed by atoms with E-state index in [1.54, 1.807) is 97.1 Å². The van der Waals surface area contributed by atoms with Gasteiger partial charge in [-0.25, -0.2) is 25.3 Å². The lowest BCUT2D eigenvalue weighted by molar-refractivity contribution is 0.473. The van der Waals surface area contributed by atoms with Gasteiger partial charge in [-0.05, 0) is 287 Å². The second-order valence-electron chi connectivity index (χ2n) is 29.7. The van der Waals surface area contributed by atoms with Crippen LogP contribution in [0.15, 0.2) is 369 Å². The fraction of sp³-hybridized carbons (Fsp3) is 0.125. The highest BCUT2D eigenvalue weighted by Crippen LogP contribution is 2.42. The fourth-order valence-corrected chi connectivity index (χ4v) is 17.2. The highest BCUT2D eigenvalue weighted by Gasteiger charge is 2.29. The number of ether oxygens (including phenoxy) is 6. The molecule has 568 valence electrons. The summed E-state index contributed by atoms with van der Waals surface area (Å²) in [6.45, 7) is 16.9. The van der Waals surface area contributed by atoms with Crippen LogP contribution in [0.5, 0.6) is 80.5 Å². The van der Waals surface area contributed by atoms with Crippen LogP contribution in [0.4, 0.5) is 0 Å². The summed E-state index contributed by atoms with van der Waals surface area (Å²) >= 11 is 0. The smallest absolute Gasteiger partial charge is 0.206 e. The molecule has 113 heavy (non-hydrogen) atoms. The lowest BCUT2D eigenvalue weighted by Gasteiger charge is -2.26. The molecule has 14 nitrogen and oxygen atoms in total. The fourth-order valence-electron chi connectivity index (χ4n) is 13.4. The van der Waals surface area contributed by atoms with Gasteiger partial charge in [0, 0.05) is 21.7 Å². The van der Waals surface area contributed by atoms with E-state index in [2.05, 4.69) is 55.4 Å². The van der Waals surface area contributed by atoms with Crippen molar-refractivity contribution in [3.63, 3.8) is 0 Å². The highest BCUT2D eigenvalue weighted by atomic mass is 32.2. The van der Waals surface area contributed by atoms with E-state index in [1.165, 1.54) is 72.8 Å². The number of hydrogen-bond donors (Lipinski definition) is 2. The van der Waals surface area contributed by atoms with E-state index in [9.17, 15) is 35.5 Å². The van der Waals surface area contributed by atoms with Crippen molar-refractivity contribution in [2.24, 2.45) is 0 Å². The number of phenolic OH excluding ortho intramolecular Hbond substituents is 2. The van der Waals surface area contributed by atoms with Gasteiger partial charge in [0.2, 0.25) is 29.5 Å². The Kier molecular flexibility index (Phi) is 21.3. The third-order valence-corrected chi connectivity index (χ3v) is 26.2. The molecule has 0 atom stereocenters. The van der Waals surface area contributed by atoms with Gasteiger partial charge in [-0.1, -0.05) is 152 Å². The van der Waals surface area contributed by atoms with Gasteiger partial charge in [0.1, 0.15) is 80.5 Å². The monoisotopic (exact) mass is 1550 g/mol. The molecular formula is C96H82O14S3. The molecule has 0 aliphatic carbocycles. The molecule has 0 unspecified atom stereocenters. The Balaban J connectivity index is 0.519. The normalized spacial score (nSPS) is 12.2. The van der Waals surface area contributed by atoms with E-state index in [4.69, 9.17) is 28.4 Å². The SMILES string of the molecule is CC(C)(c1ccc(O)cc1)c1ccc(Oc2ccc(S(=O)(=O)c3ccc(Oc4ccc(C(C)(C)c5ccc(Oc6ccc(S(=O)(=O)c7ccc(Oc8ccc(C(C)(C)c9ccc(Oc%10ccc(S(=O)(=O)c%11ccc(Oc%12ccc(C(C)(C)c%13ccc(O)cc%13)cc%12)cc%11)cc%10)cc9)cc8)cc7)cc6)cc5)cc4)cc3)cc2)cc1. The van der Waals surface area contributed by atoms with Crippen LogP contribution in [0.1, 0.15) is 99.9 Å². The summed E-state index contributed by atoms with van der Waals surface area (Å²) in [5.41, 5.74) is 6.93. The van der Waals surface area contributed by atoms with Gasteiger partial charge >= 0.3 is 0 Å². The van der Waals surface area contributed by atoms with Crippen LogP contribution in [0.25, 0.3) is 0 Å². The number of rotatable bonds is 26. The maximum atomic E-state index is 13.9. The van der Waals surface area contributed by atoms with Crippen LogP contribution in [0, 0.1) is 0 Å². The Morgan fingerprint density at radius 1 is 0.168 bits per heavy atom. The molecule has 14 rings (SSSR count). The molecule has 0 aromatic heterocycles. The molecule has 2 N–H and O–H groups in total. The summed E-state index contributed by atoms with van der Waals surface area (Å²) in [4.78, 5) is 0.709. The van der Waals surface area contributed by atoms with E-state index in [0.29, 0.717) is 69.0 Å². The third-order valence-electron chi connectivity index (χ3n) is 20.9. The Morgan fingerprint density at radius 3 is 0.381 bits per heavy atom. The predicted molar refractivity (Wildman–Crippen MR) is 439 cm³/mol. The van der Waals surface area contributed by atoms with Crippen LogP contribution in [-0.4, -0.2) is 35.5 Å². The maximum absolute atomic E-state index is 13.9. The summed E-state index contributed by atoms with van der Waals surface area (Å²) in [5, 5.41) is 19.5. The van der Waals surface area contributed by atoms with Crippen LogP contribution in [0.3, 0.4) is 0 Å². The van der Waals surface area contributed by atoms with Gasteiger partial charge in [-0.15, -0.1) is 0 Å². The summed E-state index contributed by atoms with van der Waals surface area (Å²) in [6.07, 6.45) is 0. The Morgan fingerprint density at radius 2 is 0.265 bits per heavy atom. The third kappa shape index (κ3) is 17.0. The first-order valence-electron chi connectivity index (χ1n) is 36.6. The largest absolute Gasteiger partial charge is 0.508 e. The second-order valence-corrected chi connectivity index (χ2v) is 35.5. The minimum absolute atomic E-state index is 0.106. The highest BCUT2D eigenvalue weighted by molar-refractivity contribution is 7.92. The molecule has 0 aliphatic rings. The molecule has 17 heteroatoms. The quantitative estimate of drug-likeness (QED) is 0.0519. The Bertz CT molecular complexity index is 5650. The van der Waals surface area contributed by atoms with E-state index in [0.717, 1.165) is 44.5 Å². The van der Waals surface area contributed by atoms with Gasteiger partial charge in [0.25, 0.3) is 0 Å². The summed E-state index contributed by atoms with van der Waals surface area (Å²) in [6, 6.07) is 98.7. The number of sulfone groups is 3. The molecule has 0 fully saturated rings.